The summed E-state index contributed by atoms with van der Waals surface area (Å²) in [5.74, 6) is 0.592. The van der Waals surface area contributed by atoms with Gasteiger partial charge in [0.15, 0.2) is 11.6 Å². The van der Waals surface area contributed by atoms with E-state index in [1.807, 2.05) is 0 Å². The number of halogens is 1. The smallest absolute Gasteiger partial charge is 0.165 e. The van der Waals surface area contributed by atoms with Crippen LogP contribution < -0.4 is 9.47 Å². The Morgan fingerprint density at radius 3 is 2.44 bits per heavy atom. The molecule has 0 saturated heterocycles. The lowest BCUT2D eigenvalue weighted by molar-refractivity contribution is 0.304. The van der Waals surface area contributed by atoms with E-state index in [4.69, 9.17) is 14.6 Å². The van der Waals surface area contributed by atoms with Crippen molar-refractivity contribution >= 4 is 0 Å². The number of phenols is 1. The molecule has 0 amide bonds. The van der Waals surface area contributed by atoms with Gasteiger partial charge in [0.05, 0.1) is 7.11 Å². The first-order chi connectivity index (χ1) is 8.69. The molecule has 0 aliphatic heterocycles. The fourth-order valence-corrected chi connectivity index (χ4v) is 1.51. The van der Waals surface area contributed by atoms with Gasteiger partial charge < -0.3 is 14.6 Å². The lowest BCUT2D eigenvalue weighted by atomic mass is 10.2. The van der Waals surface area contributed by atoms with Crippen molar-refractivity contribution in [3.8, 4) is 17.2 Å². The molecule has 0 unspecified atom stereocenters. The van der Waals surface area contributed by atoms with Gasteiger partial charge in [-0.25, -0.2) is 4.39 Å². The van der Waals surface area contributed by atoms with Gasteiger partial charge in [-0.3, -0.25) is 0 Å². The Labute approximate surface area is 104 Å². The molecule has 1 N–H and O–H groups in total. The standard InChI is InChI=1S/C14H13FO3/c1-17-14-7-2-10(8-13(14)15)9-18-12-5-3-11(16)4-6-12/h2-8,16H,9H2,1H3. The average molecular weight is 248 g/mol. The number of rotatable bonds is 4. The van der Waals surface area contributed by atoms with Crippen molar-refractivity contribution in [3.05, 3.63) is 53.8 Å². The zero-order valence-electron chi connectivity index (χ0n) is 9.89. The molecule has 0 aromatic heterocycles. The molecule has 0 atom stereocenters. The lowest BCUT2D eigenvalue weighted by Crippen LogP contribution is -1.97. The van der Waals surface area contributed by atoms with Crippen molar-refractivity contribution in [2.45, 2.75) is 6.61 Å². The summed E-state index contributed by atoms with van der Waals surface area (Å²) >= 11 is 0. The molecular weight excluding hydrogens is 235 g/mol. The Bertz CT molecular complexity index is 523. The van der Waals surface area contributed by atoms with Crippen molar-refractivity contribution in [2.75, 3.05) is 7.11 Å². The fourth-order valence-electron chi connectivity index (χ4n) is 1.51. The molecule has 2 aromatic carbocycles. The van der Waals surface area contributed by atoms with Gasteiger partial charge in [-0.2, -0.15) is 0 Å². The van der Waals surface area contributed by atoms with Crippen LogP contribution in [0.25, 0.3) is 0 Å². The molecule has 0 aliphatic rings. The van der Waals surface area contributed by atoms with Crippen LogP contribution in [-0.2, 0) is 6.61 Å². The second-order valence-electron chi connectivity index (χ2n) is 3.75. The Balaban J connectivity index is 2.02. The van der Waals surface area contributed by atoms with Crippen LogP contribution in [0, 0.1) is 5.82 Å². The highest BCUT2D eigenvalue weighted by atomic mass is 19.1. The van der Waals surface area contributed by atoms with Crippen LogP contribution in [0.4, 0.5) is 4.39 Å². The number of methoxy groups -OCH3 is 1. The van der Waals surface area contributed by atoms with E-state index in [9.17, 15) is 4.39 Å². The van der Waals surface area contributed by atoms with Gasteiger partial charge in [0.1, 0.15) is 18.1 Å². The average Bonchev–Trinajstić information content (AvgIpc) is 2.38. The van der Waals surface area contributed by atoms with Crippen LogP contribution in [0.1, 0.15) is 5.56 Å². The molecule has 2 rings (SSSR count). The van der Waals surface area contributed by atoms with Gasteiger partial charge >= 0.3 is 0 Å². The number of aromatic hydroxyl groups is 1. The molecule has 0 aliphatic carbocycles. The molecular formula is C14H13FO3. The first-order valence-electron chi connectivity index (χ1n) is 5.43. The van der Waals surface area contributed by atoms with Crippen LogP contribution >= 0.6 is 0 Å². The Morgan fingerprint density at radius 1 is 1.11 bits per heavy atom. The number of hydrogen-bond acceptors (Lipinski definition) is 3. The van der Waals surface area contributed by atoms with Gasteiger partial charge in [-0.1, -0.05) is 6.07 Å². The van der Waals surface area contributed by atoms with E-state index in [-0.39, 0.29) is 18.1 Å². The normalized spacial score (nSPS) is 10.1. The van der Waals surface area contributed by atoms with E-state index < -0.39 is 5.82 Å². The monoisotopic (exact) mass is 248 g/mol. The van der Waals surface area contributed by atoms with Crippen molar-refractivity contribution in [2.24, 2.45) is 0 Å². The highest BCUT2D eigenvalue weighted by Gasteiger charge is 2.04. The van der Waals surface area contributed by atoms with Crippen molar-refractivity contribution < 1.29 is 19.0 Å². The molecule has 0 spiro atoms. The largest absolute Gasteiger partial charge is 0.508 e. The van der Waals surface area contributed by atoms with Gasteiger partial charge in [-0.05, 0) is 42.0 Å². The molecule has 4 heteroatoms. The number of hydrogen-bond donors (Lipinski definition) is 1. The maximum Gasteiger partial charge on any atom is 0.165 e. The summed E-state index contributed by atoms with van der Waals surface area (Å²) in [6.45, 7) is 0.256. The third kappa shape index (κ3) is 2.91. The second-order valence-corrected chi connectivity index (χ2v) is 3.75. The van der Waals surface area contributed by atoms with Crippen LogP contribution in [-0.4, -0.2) is 12.2 Å². The number of benzene rings is 2. The summed E-state index contributed by atoms with van der Waals surface area (Å²) in [4.78, 5) is 0. The van der Waals surface area contributed by atoms with Crippen LogP contribution in [0.2, 0.25) is 0 Å². The van der Waals surface area contributed by atoms with Gasteiger partial charge in [0, 0.05) is 0 Å². The molecule has 0 bridgehead atoms. The van der Waals surface area contributed by atoms with E-state index >= 15 is 0 Å². The zero-order chi connectivity index (χ0) is 13.0. The maximum absolute atomic E-state index is 13.4. The summed E-state index contributed by atoms with van der Waals surface area (Å²) in [5.41, 5.74) is 0.710. The van der Waals surface area contributed by atoms with Crippen molar-refractivity contribution in [1.82, 2.24) is 0 Å². The van der Waals surface area contributed by atoms with E-state index in [1.54, 1.807) is 24.3 Å². The first-order valence-corrected chi connectivity index (χ1v) is 5.43. The third-order valence-electron chi connectivity index (χ3n) is 2.46. The molecule has 0 fully saturated rings. The molecule has 94 valence electrons. The first kappa shape index (κ1) is 12.2. The molecule has 18 heavy (non-hydrogen) atoms. The SMILES string of the molecule is COc1ccc(COc2ccc(O)cc2)cc1F. The van der Waals surface area contributed by atoms with E-state index in [1.165, 1.54) is 25.3 Å². The minimum atomic E-state index is -0.413. The number of phenolic OH excluding ortho intramolecular Hbond substituents is 1. The van der Waals surface area contributed by atoms with Gasteiger partial charge in [-0.15, -0.1) is 0 Å². The Kier molecular flexibility index (Phi) is 3.67. The molecule has 2 aromatic rings. The summed E-state index contributed by atoms with van der Waals surface area (Å²) in [6, 6.07) is 11.0. The van der Waals surface area contributed by atoms with E-state index in [2.05, 4.69) is 0 Å². The second kappa shape index (κ2) is 5.40. The predicted molar refractivity (Wildman–Crippen MR) is 65.4 cm³/mol. The minimum absolute atomic E-state index is 0.179. The summed E-state index contributed by atoms with van der Waals surface area (Å²) < 4.78 is 23.7. The predicted octanol–water partition coefficient (Wildman–Crippen LogP) is 3.12. The highest BCUT2D eigenvalue weighted by Crippen LogP contribution is 2.20. The maximum atomic E-state index is 13.4. The van der Waals surface area contributed by atoms with Gasteiger partial charge in [0.25, 0.3) is 0 Å². The van der Waals surface area contributed by atoms with E-state index in [0.717, 1.165) is 0 Å². The van der Waals surface area contributed by atoms with Crippen LogP contribution in [0.5, 0.6) is 17.2 Å². The summed E-state index contributed by atoms with van der Waals surface area (Å²) in [5, 5.41) is 9.12. The summed E-state index contributed by atoms with van der Waals surface area (Å²) in [7, 11) is 1.42. The highest BCUT2D eigenvalue weighted by molar-refractivity contribution is 5.31. The van der Waals surface area contributed by atoms with Crippen molar-refractivity contribution in [3.63, 3.8) is 0 Å². The summed E-state index contributed by atoms with van der Waals surface area (Å²) in [6.07, 6.45) is 0. The molecule has 0 saturated carbocycles. The topological polar surface area (TPSA) is 38.7 Å². The fraction of sp³-hybridized carbons (Fsp3) is 0.143. The van der Waals surface area contributed by atoms with Gasteiger partial charge in [0.2, 0.25) is 0 Å². The Hall–Kier alpha value is -2.23. The molecule has 0 heterocycles. The van der Waals surface area contributed by atoms with E-state index in [0.29, 0.717) is 11.3 Å². The molecule has 0 radical (unpaired) electrons. The zero-order valence-corrected chi connectivity index (χ0v) is 9.89. The molecule has 3 nitrogen and oxygen atoms in total. The number of ether oxygens (including phenoxy) is 2. The quantitative estimate of drug-likeness (QED) is 0.903. The third-order valence-corrected chi connectivity index (χ3v) is 2.46. The minimum Gasteiger partial charge on any atom is -0.508 e. The van der Waals surface area contributed by atoms with Crippen LogP contribution in [0.3, 0.4) is 0 Å². The van der Waals surface area contributed by atoms with Crippen molar-refractivity contribution in [1.29, 1.82) is 0 Å². The lowest BCUT2D eigenvalue weighted by Gasteiger charge is -2.08. The Morgan fingerprint density at radius 2 is 1.83 bits per heavy atom. The van der Waals surface area contributed by atoms with Crippen LogP contribution in [0.15, 0.2) is 42.5 Å².